The molecule has 3 heterocycles. The van der Waals surface area contributed by atoms with Gasteiger partial charge in [-0.3, -0.25) is 4.98 Å². The van der Waals surface area contributed by atoms with E-state index < -0.39 is 0 Å². The van der Waals surface area contributed by atoms with Crippen molar-refractivity contribution in [2.24, 2.45) is 5.41 Å². The van der Waals surface area contributed by atoms with Crippen molar-refractivity contribution in [3.05, 3.63) is 54.0 Å². The van der Waals surface area contributed by atoms with Crippen LogP contribution in [0.2, 0.25) is 0 Å². The van der Waals surface area contributed by atoms with Crippen LogP contribution in [-0.4, -0.2) is 24.9 Å². The number of H-pyrrole nitrogens is 1. The molecule has 4 aromatic rings. The number of aryl methyl sites for hydroxylation is 1. The molecule has 0 bridgehead atoms. The van der Waals surface area contributed by atoms with Crippen LogP contribution in [0.25, 0.3) is 22.1 Å². The van der Waals surface area contributed by atoms with Crippen LogP contribution in [0.1, 0.15) is 51.4 Å². The van der Waals surface area contributed by atoms with E-state index in [4.69, 9.17) is 4.98 Å². The molecular weight excluding hydrogens is 367 g/mol. The van der Waals surface area contributed by atoms with Gasteiger partial charge < -0.3 is 10.3 Å². The first-order valence-corrected chi connectivity index (χ1v) is 9.80. The zero-order valence-electron chi connectivity index (χ0n) is 17.1. The van der Waals surface area contributed by atoms with E-state index in [1.807, 2.05) is 0 Å². The Morgan fingerprint density at radius 3 is 2.76 bits per heavy atom. The molecule has 0 aliphatic heterocycles. The minimum Gasteiger partial charge on any atom is -0.362 e. The van der Waals surface area contributed by atoms with Crippen molar-refractivity contribution in [3.8, 4) is 0 Å². The van der Waals surface area contributed by atoms with Gasteiger partial charge in [0.25, 0.3) is 0 Å². The van der Waals surface area contributed by atoms with Crippen molar-refractivity contribution in [1.82, 2.24) is 24.9 Å². The summed E-state index contributed by atoms with van der Waals surface area (Å²) in [6.07, 6.45) is 4.91. The topological polar surface area (TPSA) is 79.4 Å². The third-order valence-electron chi connectivity index (χ3n) is 5.05. The van der Waals surface area contributed by atoms with Crippen LogP contribution in [-0.2, 0) is 6.42 Å². The number of fused-ring (bicyclic) bond motifs is 2. The quantitative estimate of drug-likeness (QED) is 0.488. The van der Waals surface area contributed by atoms with Crippen LogP contribution < -0.4 is 5.32 Å². The molecule has 0 saturated carbocycles. The lowest BCUT2D eigenvalue weighted by Crippen LogP contribution is -2.14. The van der Waals surface area contributed by atoms with Crippen LogP contribution in [0.4, 0.5) is 10.2 Å². The van der Waals surface area contributed by atoms with Gasteiger partial charge >= 0.3 is 0 Å². The van der Waals surface area contributed by atoms with E-state index in [0.29, 0.717) is 17.0 Å². The molecule has 7 heteroatoms. The van der Waals surface area contributed by atoms with Crippen molar-refractivity contribution >= 4 is 27.9 Å². The highest BCUT2D eigenvalue weighted by atomic mass is 19.1. The number of aromatic amines is 1. The van der Waals surface area contributed by atoms with Gasteiger partial charge in [-0.05, 0) is 48.9 Å². The number of rotatable bonds is 5. The Kier molecular flexibility index (Phi) is 4.90. The maximum atomic E-state index is 13.7. The molecule has 6 nitrogen and oxygen atoms in total. The van der Waals surface area contributed by atoms with E-state index in [-0.39, 0.29) is 17.3 Å². The van der Waals surface area contributed by atoms with E-state index in [1.165, 1.54) is 18.5 Å². The molecule has 0 saturated heterocycles. The number of halogens is 1. The molecule has 1 aromatic carbocycles. The number of nitrogens with one attached hydrogen (secondary N) is 2. The summed E-state index contributed by atoms with van der Waals surface area (Å²) in [5.74, 6) is 0.425. The molecule has 2 N–H and O–H groups in total. The van der Waals surface area contributed by atoms with E-state index in [9.17, 15) is 4.39 Å². The predicted molar refractivity (Wildman–Crippen MR) is 113 cm³/mol. The third-order valence-corrected chi connectivity index (χ3v) is 5.05. The number of aromatic nitrogens is 5. The van der Waals surface area contributed by atoms with Crippen molar-refractivity contribution < 1.29 is 4.39 Å². The zero-order chi connectivity index (χ0) is 20.6. The van der Waals surface area contributed by atoms with Gasteiger partial charge in [0.2, 0.25) is 0 Å². The number of imidazole rings is 1. The fraction of sp³-hybridized carbons (Fsp3) is 0.364. The second-order valence-corrected chi connectivity index (χ2v) is 8.61. The lowest BCUT2D eigenvalue weighted by molar-refractivity contribution is 0.376. The molecule has 1 unspecified atom stereocenters. The summed E-state index contributed by atoms with van der Waals surface area (Å²) < 4.78 is 13.7. The number of pyridine rings is 1. The average molecular weight is 392 g/mol. The van der Waals surface area contributed by atoms with Crippen LogP contribution in [0.3, 0.4) is 0 Å². The van der Waals surface area contributed by atoms with Gasteiger partial charge in [0, 0.05) is 17.1 Å². The Bertz CT molecular complexity index is 1160. The van der Waals surface area contributed by atoms with Gasteiger partial charge in [-0.2, -0.15) is 0 Å². The van der Waals surface area contributed by atoms with E-state index in [2.05, 4.69) is 59.0 Å². The molecule has 29 heavy (non-hydrogen) atoms. The van der Waals surface area contributed by atoms with Gasteiger partial charge in [0.1, 0.15) is 17.7 Å². The number of hydrogen-bond donors (Lipinski definition) is 2. The first-order chi connectivity index (χ1) is 13.8. The Hall–Kier alpha value is -3.09. The zero-order valence-corrected chi connectivity index (χ0v) is 17.1. The van der Waals surface area contributed by atoms with Gasteiger partial charge in [0.05, 0.1) is 17.9 Å². The molecule has 0 radical (unpaired) electrons. The van der Waals surface area contributed by atoms with E-state index in [1.54, 1.807) is 12.4 Å². The number of anilines is 1. The maximum absolute atomic E-state index is 13.7. The fourth-order valence-corrected chi connectivity index (χ4v) is 3.42. The van der Waals surface area contributed by atoms with Crippen molar-refractivity contribution in [2.45, 2.75) is 46.6 Å². The molecule has 0 spiro atoms. The molecule has 0 fully saturated rings. The van der Waals surface area contributed by atoms with Crippen molar-refractivity contribution in [1.29, 1.82) is 0 Å². The lowest BCUT2D eigenvalue weighted by atomic mass is 9.88. The van der Waals surface area contributed by atoms with E-state index in [0.717, 1.165) is 35.0 Å². The highest BCUT2D eigenvalue weighted by molar-refractivity contribution is 5.83. The second kappa shape index (κ2) is 7.39. The van der Waals surface area contributed by atoms with Crippen molar-refractivity contribution in [3.63, 3.8) is 0 Å². The monoisotopic (exact) mass is 392 g/mol. The molecule has 3 aromatic heterocycles. The summed E-state index contributed by atoms with van der Waals surface area (Å²) in [6.45, 7) is 8.72. The summed E-state index contributed by atoms with van der Waals surface area (Å²) in [5.41, 5.74) is 4.32. The first-order valence-electron chi connectivity index (χ1n) is 9.80. The van der Waals surface area contributed by atoms with Crippen LogP contribution in [0.15, 0.2) is 36.9 Å². The summed E-state index contributed by atoms with van der Waals surface area (Å²) in [6, 6.07) is 6.80. The molecule has 4 rings (SSSR count). The average Bonchev–Trinajstić information content (AvgIpc) is 3.14. The number of benzene rings is 1. The minimum absolute atomic E-state index is 0.0479. The molecule has 0 aliphatic carbocycles. The molecular formula is C22H25FN6. The number of nitrogens with zero attached hydrogens (tertiary/aromatic N) is 4. The predicted octanol–water partition coefficient (Wildman–Crippen LogP) is 5.19. The Labute approximate surface area is 169 Å². The Morgan fingerprint density at radius 1 is 1.14 bits per heavy atom. The normalized spacial score (nSPS) is 13.1. The summed E-state index contributed by atoms with van der Waals surface area (Å²) >= 11 is 0. The van der Waals surface area contributed by atoms with E-state index >= 15 is 0 Å². The van der Waals surface area contributed by atoms with Crippen LogP contribution in [0.5, 0.6) is 0 Å². The van der Waals surface area contributed by atoms with Gasteiger partial charge in [-0.25, -0.2) is 19.3 Å². The largest absolute Gasteiger partial charge is 0.362 e. The Balaban J connectivity index is 1.73. The van der Waals surface area contributed by atoms with Gasteiger partial charge in [-0.1, -0.05) is 20.8 Å². The van der Waals surface area contributed by atoms with Crippen molar-refractivity contribution in [2.75, 3.05) is 5.32 Å². The third kappa shape index (κ3) is 4.18. The molecule has 0 amide bonds. The fourth-order valence-electron chi connectivity index (χ4n) is 3.42. The highest BCUT2D eigenvalue weighted by Gasteiger charge is 2.18. The summed E-state index contributed by atoms with van der Waals surface area (Å²) in [5, 5.41) is 4.38. The first kappa shape index (κ1) is 19.2. The molecule has 1 atom stereocenters. The summed E-state index contributed by atoms with van der Waals surface area (Å²) in [7, 11) is 0. The lowest BCUT2D eigenvalue weighted by Gasteiger charge is -2.22. The van der Waals surface area contributed by atoms with Gasteiger partial charge in [-0.15, -0.1) is 0 Å². The molecule has 0 aliphatic rings. The smallest absolute Gasteiger partial charge is 0.182 e. The van der Waals surface area contributed by atoms with Gasteiger partial charge in [0.15, 0.2) is 11.5 Å². The SMILES string of the molecule is CC(Nc1ncnc2nc[nH]c12)c1cc2ccc(F)cc2nc1CCC(C)(C)C. The molecule has 150 valence electrons. The highest BCUT2D eigenvalue weighted by Crippen LogP contribution is 2.29. The summed E-state index contributed by atoms with van der Waals surface area (Å²) in [4.78, 5) is 20.6. The maximum Gasteiger partial charge on any atom is 0.182 e. The minimum atomic E-state index is -0.270. The standard InChI is InChI=1S/C22H25FN6/c1-13(28-21-19-20(25-11-24-19)26-12-27-21)16-9-14-5-6-15(23)10-18(14)29-17(16)7-8-22(2,3)4/h5-6,9-13H,7-8H2,1-4H3,(H2,24,25,26,27,28). The number of hydrogen-bond acceptors (Lipinski definition) is 5. The second-order valence-electron chi connectivity index (χ2n) is 8.61. The van der Waals surface area contributed by atoms with Crippen LogP contribution in [0, 0.1) is 11.2 Å². The Morgan fingerprint density at radius 2 is 1.97 bits per heavy atom. The van der Waals surface area contributed by atoms with Crippen LogP contribution >= 0.6 is 0 Å².